The number of nitrogens with one attached hydrogen (secondary N) is 1. The molecule has 1 aliphatic rings. The van der Waals surface area contributed by atoms with E-state index in [-0.39, 0.29) is 32.0 Å². The second-order valence-corrected chi connectivity index (χ2v) is 9.40. The third-order valence-electron chi connectivity index (χ3n) is 5.46. The van der Waals surface area contributed by atoms with Crippen LogP contribution in [0.25, 0.3) is 11.1 Å². The van der Waals surface area contributed by atoms with Crippen molar-refractivity contribution < 1.29 is 38.5 Å². The van der Waals surface area contributed by atoms with Gasteiger partial charge in [-0.15, -0.1) is 10.1 Å². The van der Waals surface area contributed by atoms with Gasteiger partial charge in [-0.2, -0.15) is 0 Å². The summed E-state index contributed by atoms with van der Waals surface area (Å²) in [5, 5.41) is 11.6. The molecule has 1 N–H and O–H groups in total. The van der Waals surface area contributed by atoms with Crippen molar-refractivity contribution in [3.63, 3.8) is 0 Å². The number of carbonyl (C=O) groups is 3. The average molecular weight is 515 g/mol. The lowest BCUT2D eigenvalue weighted by atomic mass is 9.98. The molecule has 37 heavy (non-hydrogen) atoms. The van der Waals surface area contributed by atoms with Crippen LogP contribution < -0.4 is 5.32 Å². The minimum Gasteiger partial charge on any atom is -0.463 e. The minimum absolute atomic E-state index is 0.0388. The van der Waals surface area contributed by atoms with Crippen molar-refractivity contribution in [3.05, 3.63) is 69.8 Å². The summed E-state index contributed by atoms with van der Waals surface area (Å²) in [5.41, 5.74) is 3.39. The molecule has 1 atom stereocenters. The molecule has 198 valence electrons. The van der Waals surface area contributed by atoms with Crippen LogP contribution in [0.3, 0.4) is 0 Å². The van der Waals surface area contributed by atoms with Crippen LogP contribution in [0.15, 0.2) is 48.5 Å². The molecule has 0 saturated heterocycles. The monoisotopic (exact) mass is 514 g/mol. The van der Waals surface area contributed by atoms with E-state index in [0.717, 1.165) is 22.3 Å². The second-order valence-electron chi connectivity index (χ2n) is 9.40. The van der Waals surface area contributed by atoms with Crippen LogP contribution in [0, 0.1) is 10.1 Å². The topological polar surface area (TPSA) is 143 Å². The van der Waals surface area contributed by atoms with Crippen LogP contribution in [-0.4, -0.2) is 54.6 Å². The predicted octanol–water partition coefficient (Wildman–Crippen LogP) is 3.77. The molecule has 0 spiro atoms. The van der Waals surface area contributed by atoms with Gasteiger partial charge in [-0.3, -0.25) is 4.79 Å². The van der Waals surface area contributed by atoms with Gasteiger partial charge in [0, 0.05) is 12.3 Å². The first kappa shape index (κ1) is 27.4. The molecule has 11 heteroatoms. The van der Waals surface area contributed by atoms with E-state index in [1.54, 1.807) is 20.8 Å². The van der Waals surface area contributed by atoms with Gasteiger partial charge in [-0.05, 0) is 49.4 Å². The molecular formula is C26H30N2O9. The molecule has 0 fully saturated rings. The van der Waals surface area contributed by atoms with E-state index in [1.165, 1.54) is 0 Å². The van der Waals surface area contributed by atoms with Crippen LogP contribution in [0.1, 0.15) is 50.7 Å². The molecule has 0 saturated carbocycles. The van der Waals surface area contributed by atoms with Crippen molar-refractivity contribution in [2.24, 2.45) is 0 Å². The number of hydrogen-bond acceptors (Lipinski definition) is 9. The molecule has 11 nitrogen and oxygen atoms in total. The summed E-state index contributed by atoms with van der Waals surface area (Å²) in [7, 11) is 0. The molecule has 0 radical (unpaired) electrons. The first-order chi connectivity index (χ1) is 17.5. The normalized spacial score (nSPS) is 13.1. The zero-order valence-electron chi connectivity index (χ0n) is 20.9. The summed E-state index contributed by atoms with van der Waals surface area (Å²) < 4.78 is 15.9. The number of alkyl carbamates (subject to hydrolysis) is 1. The zero-order valence-corrected chi connectivity index (χ0v) is 20.9. The van der Waals surface area contributed by atoms with E-state index in [1.807, 2.05) is 48.5 Å². The van der Waals surface area contributed by atoms with E-state index in [9.17, 15) is 24.5 Å². The summed E-state index contributed by atoms with van der Waals surface area (Å²) in [6, 6.07) is 14.5. The lowest BCUT2D eigenvalue weighted by Gasteiger charge is -2.24. The Bertz CT molecular complexity index is 1100. The SMILES string of the molecule is CC(C)(C)OC(=O)C(COC(=O)CCCO[N+](=O)[O-])NC(=O)OCC1c2ccccc2-c2ccccc21. The number of ether oxygens (including phenoxy) is 3. The lowest BCUT2D eigenvalue weighted by molar-refractivity contribution is -0.757. The highest BCUT2D eigenvalue weighted by Gasteiger charge is 2.31. The highest BCUT2D eigenvalue weighted by atomic mass is 16.9. The van der Waals surface area contributed by atoms with Gasteiger partial charge in [0.15, 0.2) is 6.04 Å². The summed E-state index contributed by atoms with van der Waals surface area (Å²) >= 11 is 0. The molecular weight excluding hydrogens is 484 g/mol. The van der Waals surface area contributed by atoms with E-state index in [0.29, 0.717) is 0 Å². The van der Waals surface area contributed by atoms with Gasteiger partial charge in [0.05, 0.1) is 6.61 Å². The fourth-order valence-corrected chi connectivity index (χ4v) is 3.93. The van der Waals surface area contributed by atoms with Gasteiger partial charge in [0.2, 0.25) is 0 Å². The van der Waals surface area contributed by atoms with Crippen LogP contribution in [0.4, 0.5) is 4.79 Å². The van der Waals surface area contributed by atoms with Crippen molar-refractivity contribution >= 4 is 18.0 Å². The molecule has 0 heterocycles. The molecule has 1 amide bonds. The maximum Gasteiger partial charge on any atom is 0.407 e. The van der Waals surface area contributed by atoms with Gasteiger partial charge in [-0.25, -0.2) is 9.59 Å². The minimum atomic E-state index is -1.31. The Balaban J connectivity index is 1.59. The molecule has 0 bridgehead atoms. The van der Waals surface area contributed by atoms with Crippen molar-refractivity contribution in [3.8, 4) is 11.1 Å². The average Bonchev–Trinajstić information content (AvgIpc) is 3.15. The molecule has 0 aromatic heterocycles. The molecule has 1 unspecified atom stereocenters. The van der Waals surface area contributed by atoms with Crippen LogP contribution >= 0.6 is 0 Å². The number of fused-ring (bicyclic) bond motifs is 3. The number of hydrogen-bond donors (Lipinski definition) is 1. The zero-order chi connectivity index (χ0) is 27.0. The van der Waals surface area contributed by atoms with Crippen LogP contribution in [0.5, 0.6) is 0 Å². The third-order valence-corrected chi connectivity index (χ3v) is 5.46. The predicted molar refractivity (Wildman–Crippen MR) is 131 cm³/mol. The standard InChI is InChI=1S/C26H30N2O9/c1-26(2,3)37-24(30)22(16-34-23(29)13-8-14-36-28(32)33)27-25(31)35-15-21-19-11-6-4-9-17(19)18-10-5-7-12-20(18)21/h4-7,9-12,21-22H,8,13-16H2,1-3H3,(H,27,31). The van der Waals surface area contributed by atoms with Gasteiger partial charge >= 0.3 is 18.0 Å². The lowest BCUT2D eigenvalue weighted by Crippen LogP contribution is -2.47. The van der Waals surface area contributed by atoms with Gasteiger partial charge < -0.3 is 24.4 Å². The Labute approximate surface area is 214 Å². The van der Waals surface area contributed by atoms with Crippen LogP contribution in [0.2, 0.25) is 0 Å². The number of amides is 1. The Morgan fingerprint density at radius 2 is 1.59 bits per heavy atom. The highest BCUT2D eigenvalue weighted by Crippen LogP contribution is 2.44. The maximum atomic E-state index is 12.7. The molecule has 3 rings (SSSR count). The highest BCUT2D eigenvalue weighted by molar-refractivity contribution is 5.83. The largest absolute Gasteiger partial charge is 0.463 e. The molecule has 2 aromatic rings. The first-order valence-electron chi connectivity index (χ1n) is 11.8. The molecule has 0 aliphatic heterocycles. The number of carbonyl (C=O) groups excluding carboxylic acids is 3. The summed E-state index contributed by atoms with van der Waals surface area (Å²) in [5.74, 6) is -1.68. The van der Waals surface area contributed by atoms with Crippen molar-refractivity contribution in [1.82, 2.24) is 5.32 Å². The third kappa shape index (κ3) is 7.92. The molecule has 1 aliphatic carbocycles. The Hall–Kier alpha value is -4.15. The smallest absolute Gasteiger partial charge is 0.407 e. The van der Waals surface area contributed by atoms with Gasteiger partial charge in [-0.1, -0.05) is 48.5 Å². The van der Waals surface area contributed by atoms with E-state index < -0.39 is 41.4 Å². The van der Waals surface area contributed by atoms with Crippen molar-refractivity contribution in [1.29, 1.82) is 0 Å². The van der Waals surface area contributed by atoms with E-state index in [4.69, 9.17) is 14.2 Å². The quantitative estimate of drug-likeness (QED) is 0.156. The fourth-order valence-electron chi connectivity index (χ4n) is 3.93. The Kier molecular flexibility index (Phi) is 9.05. The van der Waals surface area contributed by atoms with E-state index >= 15 is 0 Å². The fraction of sp³-hybridized carbons (Fsp3) is 0.423. The van der Waals surface area contributed by atoms with Crippen LogP contribution in [-0.2, 0) is 28.6 Å². The number of esters is 2. The summed E-state index contributed by atoms with van der Waals surface area (Å²) in [6.07, 6.45) is -0.982. The Morgan fingerprint density at radius 1 is 1.00 bits per heavy atom. The number of rotatable bonds is 11. The Morgan fingerprint density at radius 3 is 2.16 bits per heavy atom. The first-order valence-corrected chi connectivity index (χ1v) is 11.8. The molecule has 2 aromatic carbocycles. The van der Waals surface area contributed by atoms with E-state index in [2.05, 4.69) is 10.2 Å². The summed E-state index contributed by atoms with van der Waals surface area (Å²) in [4.78, 5) is 51.6. The van der Waals surface area contributed by atoms with Gasteiger partial charge in [0.1, 0.15) is 18.8 Å². The van der Waals surface area contributed by atoms with Crippen molar-refractivity contribution in [2.75, 3.05) is 19.8 Å². The maximum absolute atomic E-state index is 12.7. The van der Waals surface area contributed by atoms with Crippen molar-refractivity contribution in [2.45, 2.75) is 51.2 Å². The second kappa shape index (κ2) is 12.2. The number of benzene rings is 2. The summed E-state index contributed by atoms with van der Waals surface area (Å²) in [6.45, 7) is 4.27. The van der Waals surface area contributed by atoms with Gasteiger partial charge in [0.25, 0.3) is 5.09 Å². The number of nitrogens with zero attached hydrogens (tertiary/aromatic N) is 1.